The summed E-state index contributed by atoms with van der Waals surface area (Å²) in [6.07, 6.45) is 3.59. The monoisotopic (exact) mass is 461 g/mol. The number of amides is 1. The number of carbonyl (C=O) groups excluding carboxylic acids is 3. The molecule has 0 saturated carbocycles. The van der Waals surface area contributed by atoms with Crippen molar-refractivity contribution in [1.29, 1.82) is 0 Å². The van der Waals surface area contributed by atoms with Gasteiger partial charge in [0.05, 0.1) is 31.2 Å². The van der Waals surface area contributed by atoms with Crippen LogP contribution in [0.1, 0.15) is 50.7 Å². The smallest absolute Gasteiger partial charge is 0.234 e. The molecule has 8 heteroatoms. The number of ketones is 2. The first-order chi connectivity index (χ1) is 15.7. The molecule has 33 heavy (non-hydrogen) atoms. The highest BCUT2D eigenvalue weighted by Gasteiger charge is 2.24. The van der Waals surface area contributed by atoms with Gasteiger partial charge in [0, 0.05) is 0 Å². The van der Waals surface area contributed by atoms with Gasteiger partial charge in [0.2, 0.25) is 5.91 Å². The number of unbranched alkanes of at least 4 members (excludes halogenated alkanes) is 1. The van der Waals surface area contributed by atoms with Crippen molar-refractivity contribution in [3.63, 3.8) is 0 Å². The van der Waals surface area contributed by atoms with Gasteiger partial charge in [-0.15, -0.1) is 0 Å². The number of carbonyl (C=O) groups is 3. The lowest BCUT2D eigenvalue weighted by molar-refractivity contribution is -0.122. The lowest BCUT2D eigenvalue weighted by Crippen LogP contribution is -2.50. The van der Waals surface area contributed by atoms with Gasteiger partial charge < -0.3 is 22.1 Å². The van der Waals surface area contributed by atoms with Crippen molar-refractivity contribution in [1.82, 2.24) is 16.0 Å². The number of hydrogen-bond donors (Lipinski definition) is 5. The molecule has 0 radical (unpaired) electrons. The van der Waals surface area contributed by atoms with Crippen LogP contribution >= 0.6 is 0 Å². The molecular formula is C25H43N5O3. The van der Waals surface area contributed by atoms with E-state index >= 15 is 0 Å². The summed E-state index contributed by atoms with van der Waals surface area (Å²) in [5.41, 5.74) is 13.7. The Labute approximate surface area is 198 Å². The summed E-state index contributed by atoms with van der Waals surface area (Å²) in [5, 5.41) is 9.22. The van der Waals surface area contributed by atoms with Crippen LogP contribution in [-0.4, -0.2) is 62.3 Å². The lowest BCUT2D eigenvalue weighted by atomic mass is 9.96. The Bertz CT molecular complexity index is 738. The summed E-state index contributed by atoms with van der Waals surface area (Å²) in [5.74, 6) is -0.611. The van der Waals surface area contributed by atoms with Gasteiger partial charge in [0.25, 0.3) is 0 Å². The highest BCUT2D eigenvalue weighted by molar-refractivity contribution is 5.89. The zero-order chi connectivity index (χ0) is 24.8. The fraction of sp³-hybridized carbons (Fsp3) is 0.640. The van der Waals surface area contributed by atoms with Crippen molar-refractivity contribution in [2.45, 2.75) is 71.0 Å². The average Bonchev–Trinajstić information content (AvgIpc) is 2.80. The van der Waals surface area contributed by atoms with E-state index in [1.807, 2.05) is 52.1 Å². The second kappa shape index (κ2) is 15.7. The summed E-state index contributed by atoms with van der Waals surface area (Å²) >= 11 is 0. The van der Waals surface area contributed by atoms with E-state index in [0.717, 1.165) is 36.9 Å². The first-order valence-electron chi connectivity index (χ1n) is 12.0. The van der Waals surface area contributed by atoms with Crippen molar-refractivity contribution >= 4 is 17.5 Å². The van der Waals surface area contributed by atoms with E-state index < -0.39 is 24.0 Å². The Morgan fingerprint density at radius 1 is 0.970 bits per heavy atom. The third-order valence-corrected chi connectivity index (χ3v) is 6.14. The number of hydrogen-bond acceptors (Lipinski definition) is 7. The van der Waals surface area contributed by atoms with Crippen LogP contribution in [0.2, 0.25) is 0 Å². The largest absolute Gasteiger partial charge is 0.368 e. The Morgan fingerprint density at radius 3 is 2.15 bits per heavy atom. The number of aryl methyl sites for hydroxylation is 1. The lowest BCUT2D eigenvalue weighted by Gasteiger charge is -2.22. The van der Waals surface area contributed by atoms with Crippen LogP contribution in [0.25, 0.3) is 0 Å². The standard InChI is InChI=1S/C25H43N5O3/c1-5-18(3)24(26)23(32)16-29-20(8-6-7-13-28-4)22(31)15-30-21(25(27)33)14-19-11-9-17(2)10-12-19/h9-12,18,20-21,24,28-30H,5-8,13-16,26H2,1-4H3,(H2,27,33)/t18-,20-,21-,24-/m0/s1. The SMILES string of the molecule is CC[C@H](C)[C@H](N)C(=O)CN[C@@H](CCCCNC)C(=O)CN[C@@H](Cc1ccc(C)cc1)C(N)=O. The van der Waals surface area contributed by atoms with Crippen molar-refractivity contribution in [2.24, 2.45) is 17.4 Å². The molecular weight excluding hydrogens is 418 g/mol. The van der Waals surface area contributed by atoms with Crippen LogP contribution in [0.15, 0.2) is 24.3 Å². The maximum absolute atomic E-state index is 13.0. The molecule has 0 saturated heterocycles. The van der Waals surface area contributed by atoms with Crippen LogP contribution in [0.5, 0.6) is 0 Å². The van der Waals surface area contributed by atoms with Gasteiger partial charge in [0.1, 0.15) is 0 Å². The first-order valence-corrected chi connectivity index (χ1v) is 12.0. The summed E-state index contributed by atoms with van der Waals surface area (Å²) in [6, 6.07) is 6.17. The van der Waals surface area contributed by atoms with Crippen LogP contribution in [0.3, 0.4) is 0 Å². The second-order valence-electron chi connectivity index (χ2n) is 8.90. The van der Waals surface area contributed by atoms with Gasteiger partial charge in [-0.2, -0.15) is 0 Å². The minimum Gasteiger partial charge on any atom is -0.368 e. The van der Waals surface area contributed by atoms with Crippen LogP contribution in [0, 0.1) is 12.8 Å². The quantitative estimate of drug-likeness (QED) is 0.204. The maximum Gasteiger partial charge on any atom is 0.234 e. The minimum atomic E-state index is -0.651. The molecule has 1 aromatic rings. The molecule has 0 aliphatic carbocycles. The average molecular weight is 462 g/mol. The molecule has 0 aliphatic heterocycles. The molecule has 1 aromatic carbocycles. The Morgan fingerprint density at radius 2 is 1.58 bits per heavy atom. The minimum absolute atomic E-state index is 0.00519. The number of benzene rings is 1. The van der Waals surface area contributed by atoms with Crippen LogP contribution < -0.4 is 27.4 Å². The number of primary amides is 1. The fourth-order valence-corrected chi connectivity index (χ4v) is 3.52. The normalized spacial score (nSPS) is 14.9. The fourth-order valence-electron chi connectivity index (χ4n) is 3.52. The predicted octanol–water partition coefficient (Wildman–Crippen LogP) is 0.841. The first kappa shape index (κ1) is 28.9. The Hall–Kier alpha value is -2.13. The Balaban J connectivity index is 2.71. The van der Waals surface area contributed by atoms with Gasteiger partial charge in [-0.05, 0) is 51.3 Å². The van der Waals surface area contributed by atoms with Gasteiger partial charge >= 0.3 is 0 Å². The van der Waals surface area contributed by atoms with Crippen molar-refractivity contribution in [3.05, 3.63) is 35.4 Å². The van der Waals surface area contributed by atoms with Gasteiger partial charge in [-0.25, -0.2) is 0 Å². The molecule has 4 atom stereocenters. The van der Waals surface area contributed by atoms with E-state index in [1.54, 1.807) is 0 Å². The molecule has 0 aliphatic rings. The van der Waals surface area contributed by atoms with E-state index in [2.05, 4.69) is 16.0 Å². The highest BCUT2D eigenvalue weighted by atomic mass is 16.2. The maximum atomic E-state index is 13.0. The van der Waals surface area contributed by atoms with Crippen molar-refractivity contribution < 1.29 is 14.4 Å². The molecule has 0 aromatic heterocycles. The predicted molar refractivity (Wildman–Crippen MR) is 133 cm³/mol. The summed E-state index contributed by atoms with van der Waals surface area (Å²) in [7, 11) is 1.89. The Kier molecular flexibility index (Phi) is 13.7. The van der Waals surface area contributed by atoms with Crippen LogP contribution in [-0.2, 0) is 20.8 Å². The van der Waals surface area contributed by atoms with E-state index in [1.165, 1.54) is 0 Å². The third kappa shape index (κ3) is 11.0. The molecule has 0 spiro atoms. The molecule has 8 nitrogen and oxygen atoms in total. The molecule has 0 fully saturated rings. The number of nitrogens with two attached hydrogens (primary N) is 2. The third-order valence-electron chi connectivity index (χ3n) is 6.14. The molecule has 7 N–H and O–H groups in total. The van der Waals surface area contributed by atoms with Crippen molar-refractivity contribution in [3.8, 4) is 0 Å². The highest BCUT2D eigenvalue weighted by Crippen LogP contribution is 2.08. The summed E-state index contributed by atoms with van der Waals surface area (Å²) in [4.78, 5) is 37.4. The van der Waals surface area contributed by atoms with Gasteiger partial charge in [-0.3, -0.25) is 19.7 Å². The van der Waals surface area contributed by atoms with E-state index in [4.69, 9.17) is 11.5 Å². The zero-order valence-electron chi connectivity index (χ0n) is 20.7. The number of Topliss-reactive ketones (excluding diaryl/α,β-unsaturated/α-hetero) is 2. The number of rotatable bonds is 18. The molecule has 0 heterocycles. The molecule has 1 amide bonds. The second-order valence-corrected chi connectivity index (χ2v) is 8.90. The topological polar surface area (TPSA) is 139 Å². The summed E-state index contributed by atoms with van der Waals surface area (Å²) in [6.45, 7) is 6.85. The molecule has 0 bridgehead atoms. The van der Waals surface area contributed by atoms with E-state index in [-0.39, 0.29) is 30.6 Å². The molecule has 186 valence electrons. The van der Waals surface area contributed by atoms with Gasteiger partial charge in [-0.1, -0.05) is 56.5 Å². The number of nitrogens with one attached hydrogen (secondary N) is 3. The van der Waals surface area contributed by atoms with Crippen molar-refractivity contribution in [2.75, 3.05) is 26.7 Å². The molecule has 0 unspecified atom stereocenters. The van der Waals surface area contributed by atoms with Crippen LogP contribution in [0.4, 0.5) is 0 Å². The summed E-state index contributed by atoms with van der Waals surface area (Å²) < 4.78 is 0. The van der Waals surface area contributed by atoms with E-state index in [9.17, 15) is 14.4 Å². The van der Waals surface area contributed by atoms with E-state index in [0.29, 0.717) is 12.8 Å². The molecule has 1 rings (SSSR count). The zero-order valence-corrected chi connectivity index (χ0v) is 20.7. The van der Waals surface area contributed by atoms with Gasteiger partial charge in [0.15, 0.2) is 11.6 Å².